The number of amides is 1. The molecule has 1 aromatic rings. The average Bonchev–Trinajstić information content (AvgIpc) is 2.32. The topological polar surface area (TPSA) is 121 Å². The van der Waals surface area contributed by atoms with Crippen LogP contribution in [0.25, 0.3) is 0 Å². The molecule has 1 aromatic heterocycles. The Morgan fingerprint density at radius 2 is 2.11 bits per heavy atom. The number of aromatic nitrogens is 2. The van der Waals surface area contributed by atoms with Crippen LogP contribution in [0.5, 0.6) is 0 Å². The molecule has 0 radical (unpaired) electrons. The molecule has 8 nitrogen and oxygen atoms in total. The molecule has 1 unspecified atom stereocenters. The van der Waals surface area contributed by atoms with Crippen LogP contribution in [-0.4, -0.2) is 32.1 Å². The fraction of sp³-hybridized carbons (Fsp3) is 0.455. The van der Waals surface area contributed by atoms with Crippen LogP contribution in [0, 0.1) is 0 Å². The second-order valence-corrected chi connectivity index (χ2v) is 4.28. The van der Waals surface area contributed by atoms with E-state index in [1.165, 1.54) is 13.1 Å². The Hall–Kier alpha value is -2.38. The van der Waals surface area contributed by atoms with Gasteiger partial charge in [-0.25, -0.2) is 9.59 Å². The Balaban J connectivity index is 2.84. The summed E-state index contributed by atoms with van der Waals surface area (Å²) >= 11 is 0. The quantitative estimate of drug-likeness (QED) is 0.627. The lowest BCUT2D eigenvalue weighted by atomic mass is 9.99. The summed E-state index contributed by atoms with van der Waals surface area (Å²) < 4.78 is 0.981. The van der Waals surface area contributed by atoms with Gasteiger partial charge in [0.05, 0.1) is 0 Å². The number of carbonyl (C=O) groups is 2. The van der Waals surface area contributed by atoms with E-state index in [9.17, 15) is 19.2 Å². The predicted molar refractivity (Wildman–Crippen MR) is 65.8 cm³/mol. The Morgan fingerprint density at radius 3 is 2.58 bits per heavy atom. The number of aliphatic carboxylic acids is 1. The second-order valence-electron chi connectivity index (χ2n) is 4.28. The molecule has 1 rings (SSSR count). The van der Waals surface area contributed by atoms with E-state index in [2.05, 4.69) is 5.32 Å². The zero-order valence-corrected chi connectivity index (χ0v) is 10.6. The van der Waals surface area contributed by atoms with Crippen molar-refractivity contribution in [3.05, 3.63) is 33.1 Å². The van der Waals surface area contributed by atoms with E-state index in [-0.39, 0.29) is 13.0 Å². The van der Waals surface area contributed by atoms with Gasteiger partial charge in [-0.15, -0.1) is 0 Å². The maximum absolute atomic E-state index is 11.7. The van der Waals surface area contributed by atoms with E-state index in [0.717, 1.165) is 10.6 Å². The Bertz CT molecular complexity index is 603. The van der Waals surface area contributed by atoms with Gasteiger partial charge in [-0.3, -0.25) is 19.1 Å². The molecule has 104 valence electrons. The van der Waals surface area contributed by atoms with E-state index < -0.39 is 28.7 Å². The van der Waals surface area contributed by atoms with Crippen molar-refractivity contribution >= 4 is 11.9 Å². The van der Waals surface area contributed by atoms with Gasteiger partial charge in [-0.2, -0.15) is 0 Å². The molecule has 0 fully saturated rings. The molecular weight excluding hydrogens is 254 g/mol. The summed E-state index contributed by atoms with van der Waals surface area (Å²) in [5.74, 6) is -1.78. The number of nitrogens with zero attached hydrogens (tertiary/aromatic N) is 1. The SMILES string of the molecule is CCC(C)(NC(=O)Cn1ccc(=O)[nH]c1=O)C(=O)O. The van der Waals surface area contributed by atoms with Gasteiger partial charge in [0.25, 0.3) is 5.56 Å². The molecular formula is C11H15N3O5. The normalized spacial score (nSPS) is 13.6. The fourth-order valence-corrected chi connectivity index (χ4v) is 1.36. The Labute approximate surface area is 108 Å². The lowest BCUT2D eigenvalue weighted by molar-refractivity contribution is -0.147. The minimum absolute atomic E-state index is 0.203. The van der Waals surface area contributed by atoms with Crippen LogP contribution in [0.1, 0.15) is 20.3 Å². The van der Waals surface area contributed by atoms with Crippen LogP contribution in [0.3, 0.4) is 0 Å². The van der Waals surface area contributed by atoms with Crippen molar-refractivity contribution in [2.45, 2.75) is 32.4 Å². The minimum atomic E-state index is -1.39. The van der Waals surface area contributed by atoms with Gasteiger partial charge >= 0.3 is 11.7 Å². The maximum Gasteiger partial charge on any atom is 0.329 e. The minimum Gasteiger partial charge on any atom is -0.480 e. The average molecular weight is 269 g/mol. The monoisotopic (exact) mass is 269 g/mol. The molecule has 0 aliphatic carbocycles. The number of carbonyl (C=O) groups excluding carboxylic acids is 1. The van der Waals surface area contributed by atoms with Crippen molar-refractivity contribution in [2.75, 3.05) is 0 Å². The molecule has 0 aromatic carbocycles. The van der Waals surface area contributed by atoms with Gasteiger partial charge < -0.3 is 10.4 Å². The summed E-state index contributed by atoms with van der Waals surface area (Å²) in [5, 5.41) is 11.4. The van der Waals surface area contributed by atoms with Crippen molar-refractivity contribution in [2.24, 2.45) is 0 Å². The molecule has 0 aliphatic rings. The molecule has 0 bridgehead atoms. The summed E-state index contributed by atoms with van der Waals surface area (Å²) in [4.78, 5) is 46.9. The van der Waals surface area contributed by atoms with Crippen molar-refractivity contribution in [1.82, 2.24) is 14.9 Å². The molecule has 1 heterocycles. The number of hydrogen-bond acceptors (Lipinski definition) is 4. The highest BCUT2D eigenvalue weighted by Gasteiger charge is 2.32. The van der Waals surface area contributed by atoms with E-state index in [1.807, 2.05) is 4.98 Å². The van der Waals surface area contributed by atoms with Crippen LogP contribution in [-0.2, 0) is 16.1 Å². The van der Waals surface area contributed by atoms with Gasteiger partial charge in [0.2, 0.25) is 5.91 Å². The number of carboxylic acid groups (broad SMARTS) is 1. The third-order valence-corrected chi connectivity index (χ3v) is 2.81. The molecule has 1 amide bonds. The highest BCUT2D eigenvalue weighted by molar-refractivity contribution is 5.86. The third kappa shape index (κ3) is 3.54. The molecule has 0 spiro atoms. The lowest BCUT2D eigenvalue weighted by Gasteiger charge is -2.24. The third-order valence-electron chi connectivity index (χ3n) is 2.81. The van der Waals surface area contributed by atoms with Crippen LogP contribution in [0.15, 0.2) is 21.9 Å². The zero-order chi connectivity index (χ0) is 14.6. The highest BCUT2D eigenvalue weighted by atomic mass is 16.4. The van der Waals surface area contributed by atoms with E-state index in [0.29, 0.717) is 0 Å². The molecule has 1 atom stereocenters. The van der Waals surface area contributed by atoms with E-state index in [4.69, 9.17) is 5.11 Å². The zero-order valence-electron chi connectivity index (χ0n) is 10.6. The molecule has 3 N–H and O–H groups in total. The van der Waals surface area contributed by atoms with Gasteiger partial charge in [0, 0.05) is 12.3 Å². The predicted octanol–water partition coefficient (Wildman–Crippen LogP) is -1.09. The number of carboxylic acids is 1. The molecule has 0 saturated heterocycles. The number of hydrogen-bond donors (Lipinski definition) is 3. The highest BCUT2D eigenvalue weighted by Crippen LogP contribution is 2.08. The first-order valence-corrected chi connectivity index (χ1v) is 5.62. The molecule has 0 saturated carbocycles. The first kappa shape index (κ1) is 14.7. The number of H-pyrrole nitrogens is 1. The van der Waals surface area contributed by atoms with E-state index >= 15 is 0 Å². The first-order chi connectivity index (χ1) is 8.78. The summed E-state index contributed by atoms with van der Waals surface area (Å²) in [7, 11) is 0. The van der Waals surface area contributed by atoms with Crippen molar-refractivity contribution in [3.8, 4) is 0 Å². The Kier molecular flexibility index (Phi) is 4.26. The van der Waals surface area contributed by atoms with Gasteiger partial charge in [0.1, 0.15) is 12.1 Å². The fourth-order valence-electron chi connectivity index (χ4n) is 1.36. The van der Waals surface area contributed by atoms with Crippen molar-refractivity contribution < 1.29 is 14.7 Å². The van der Waals surface area contributed by atoms with Crippen LogP contribution in [0.4, 0.5) is 0 Å². The first-order valence-electron chi connectivity index (χ1n) is 5.62. The van der Waals surface area contributed by atoms with Crippen LogP contribution >= 0.6 is 0 Å². The van der Waals surface area contributed by atoms with Gasteiger partial charge in [-0.05, 0) is 13.3 Å². The molecule has 19 heavy (non-hydrogen) atoms. The largest absolute Gasteiger partial charge is 0.480 e. The van der Waals surface area contributed by atoms with Crippen LogP contribution in [0.2, 0.25) is 0 Å². The summed E-state index contributed by atoms with van der Waals surface area (Å²) in [6.45, 7) is 2.64. The summed E-state index contributed by atoms with van der Waals surface area (Å²) in [5.41, 5.74) is -2.68. The van der Waals surface area contributed by atoms with Gasteiger partial charge in [-0.1, -0.05) is 6.92 Å². The number of rotatable bonds is 5. The number of nitrogens with one attached hydrogen (secondary N) is 2. The summed E-state index contributed by atoms with van der Waals surface area (Å²) in [6, 6.07) is 1.10. The number of aromatic amines is 1. The Morgan fingerprint density at radius 1 is 1.47 bits per heavy atom. The van der Waals surface area contributed by atoms with E-state index in [1.54, 1.807) is 6.92 Å². The van der Waals surface area contributed by atoms with Crippen molar-refractivity contribution in [1.29, 1.82) is 0 Å². The summed E-state index contributed by atoms with van der Waals surface area (Å²) in [6.07, 6.45) is 1.37. The lowest BCUT2D eigenvalue weighted by Crippen LogP contribution is -2.53. The van der Waals surface area contributed by atoms with Crippen LogP contribution < -0.4 is 16.6 Å². The maximum atomic E-state index is 11.7. The van der Waals surface area contributed by atoms with Crippen molar-refractivity contribution in [3.63, 3.8) is 0 Å². The second kappa shape index (κ2) is 5.51. The standard InChI is InChI=1S/C11H15N3O5/c1-3-11(2,9(17)18)13-8(16)6-14-5-4-7(15)12-10(14)19/h4-5H,3,6H2,1-2H3,(H,13,16)(H,17,18)(H,12,15,19). The molecule has 0 aliphatic heterocycles. The molecule has 8 heteroatoms. The van der Waals surface area contributed by atoms with Gasteiger partial charge in [0.15, 0.2) is 0 Å². The smallest absolute Gasteiger partial charge is 0.329 e.